The Hall–Kier alpha value is -2.96. The number of fused-ring (bicyclic) bond motifs is 1. The lowest BCUT2D eigenvalue weighted by atomic mass is 10.1. The molecule has 3 aromatic rings. The molecule has 0 radical (unpaired) electrons. The molecule has 0 aliphatic rings. The second-order valence-electron chi connectivity index (χ2n) is 5.45. The summed E-state index contributed by atoms with van der Waals surface area (Å²) >= 11 is 0. The maximum absolute atomic E-state index is 5.73. The molecule has 0 aliphatic carbocycles. The number of anilines is 2. The van der Waals surface area contributed by atoms with Crippen LogP contribution in [-0.2, 0) is 0 Å². The van der Waals surface area contributed by atoms with Crippen molar-refractivity contribution >= 4 is 28.7 Å². The highest BCUT2D eigenvalue weighted by Gasteiger charge is 2.14. The predicted molar refractivity (Wildman–Crippen MR) is 93.4 cm³/mol. The van der Waals surface area contributed by atoms with Gasteiger partial charge in [0.05, 0.1) is 17.1 Å². The molecule has 0 aliphatic heterocycles. The van der Waals surface area contributed by atoms with Gasteiger partial charge in [-0.15, -0.1) is 5.10 Å². The van der Waals surface area contributed by atoms with Crippen LogP contribution in [0.15, 0.2) is 29.4 Å². The van der Waals surface area contributed by atoms with Crippen molar-refractivity contribution in [2.75, 3.05) is 18.1 Å². The van der Waals surface area contributed by atoms with Gasteiger partial charge in [-0.05, 0) is 39.0 Å². The third kappa shape index (κ3) is 2.73. The molecule has 118 valence electrons. The van der Waals surface area contributed by atoms with Crippen molar-refractivity contribution in [2.24, 2.45) is 4.99 Å². The first kappa shape index (κ1) is 15.0. The quantitative estimate of drug-likeness (QED) is 0.726. The number of hydrogen-bond acceptors (Lipinski definition) is 6. The predicted octanol–water partition coefficient (Wildman–Crippen LogP) is 2.84. The van der Waals surface area contributed by atoms with Gasteiger partial charge in [0.25, 0.3) is 0 Å². The first-order chi connectivity index (χ1) is 11.0. The van der Waals surface area contributed by atoms with Crippen LogP contribution in [0.2, 0.25) is 0 Å². The van der Waals surface area contributed by atoms with E-state index in [-0.39, 0.29) is 5.95 Å². The molecule has 7 nitrogen and oxygen atoms in total. The van der Waals surface area contributed by atoms with Gasteiger partial charge in [-0.1, -0.05) is 0 Å². The molecular formula is C16H19N7. The minimum absolute atomic E-state index is 0.219. The number of nitrogens with one attached hydrogen (secondary N) is 1. The molecule has 0 atom stereocenters. The van der Waals surface area contributed by atoms with Gasteiger partial charge in [-0.2, -0.15) is 4.98 Å². The number of nitrogen functional groups attached to an aromatic ring is 1. The molecule has 0 bridgehead atoms. The Morgan fingerprint density at radius 3 is 2.65 bits per heavy atom. The molecule has 3 rings (SSSR count). The van der Waals surface area contributed by atoms with E-state index >= 15 is 0 Å². The summed E-state index contributed by atoms with van der Waals surface area (Å²) in [6.07, 6.45) is 1.85. The number of rotatable bonds is 3. The SMILES string of the molecule is CNc1nc(N)nn2ccc(-c3ccc(N=C(C)C)c(C)n3)c12. The van der Waals surface area contributed by atoms with E-state index in [1.165, 1.54) is 0 Å². The van der Waals surface area contributed by atoms with E-state index < -0.39 is 0 Å². The third-order valence-electron chi connectivity index (χ3n) is 3.44. The highest BCUT2D eigenvalue weighted by Crippen LogP contribution is 2.30. The second kappa shape index (κ2) is 5.68. The van der Waals surface area contributed by atoms with E-state index in [0.717, 1.165) is 33.9 Å². The van der Waals surface area contributed by atoms with Crippen molar-refractivity contribution in [1.82, 2.24) is 19.6 Å². The van der Waals surface area contributed by atoms with Gasteiger partial charge in [0.1, 0.15) is 5.52 Å². The zero-order valence-electron chi connectivity index (χ0n) is 13.6. The fourth-order valence-electron chi connectivity index (χ4n) is 2.49. The van der Waals surface area contributed by atoms with Gasteiger partial charge < -0.3 is 11.1 Å². The van der Waals surface area contributed by atoms with E-state index in [9.17, 15) is 0 Å². The van der Waals surface area contributed by atoms with E-state index in [1.807, 2.05) is 45.2 Å². The summed E-state index contributed by atoms with van der Waals surface area (Å²) in [7, 11) is 1.80. The summed E-state index contributed by atoms with van der Waals surface area (Å²) in [5, 5.41) is 7.26. The number of nitrogens with two attached hydrogens (primary N) is 1. The zero-order valence-corrected chi connectivity index (χ0v) is 13.6. The lowest BCUT2D eigenvalue weighted by molar-refractivity contribution is 0.919. The fourth-order valence-corrected chi connectivity index (χ4v) is 2.49. The Bertz CT molecular complexity index is 904. The second-order valence-corrected chi connectivity index (χ2v) is 5.45. The molecule has 0 spiro atoms. The van der Waals surface area contributed by atoms with Gasteiger partial charge in [-0.3, -0.25) is 9.98 Å². The summed E-state index contributed by atoms with van der Waals surface area (Å²) in [4.78, 5) is 13.4. The van der Waals surface area contributed by atoms with Crippen LogP contribution < -0.4 is 11.1 Å². The van der Waals surface area contributed by atoms with Crippen molar-refractivity contribution in [1.29, 1.82) is 0 Å². The highest BCUT2D eigenvalue weighted by molar-refractivity contribution is 5.88. The third-order valence-corrected chi connectivity index (χ3v) is 3.44. The van der Waals surface area contributed by atoms with Crippen molar-refractivity contribution in [3.05, 3.63) is 30.1 Å². The average Bonchev–Trinajstić information content (AvgIpc) is 2.91. The molecule has 3 heterocycles. The summed E-state index contributed by atoms with van der Waals surface area (Å²) in [5.41, 5.74) is 11.1. The first-order valence-corrected chi connectivity index (χ1v) is 7.32. The summed E-state index contributed by atoms with van der Waals surface area (Å²) in [6.45, 7) is 5.89. The number of aliphatic imine (C=N–C) groups is 1. The largest absolute Gasteiger partial charge is 0.371 e. The van der Waals surface area contributed by atoms with Crippen molar-refractivity contribution in [2.45, 2.75) is 20.8 Å². The lowest BCUT2D eigenvalue weighted by Crippen LogP contribution is -2.05. The maximum Gasteiger partial charge on any atom is 0.240 e. The topological polar surface area (TPSA) is 93.5 Å². The Balaban J connectivity index is 2.18. The Kier molecular flexibility index (Phi) is 3.69. The minimum Gasteiger partial charge on any atom is -0.371 e. The van der Waals surface area contributed by atoms with Crippen LogP contribution in [0.3, 0.4) is 0 Å². The van der Waals surface area contributed by atoms with Gasteiger partial charge in [0.15, 0.2) is 5.82 Å². The van der Waals surface area contributed by atoms with Crippen molar-refractivity contribution in [3.63, 3.8) is 0 Å². The summed E-state index contributed by atoms with van der Waals surface area (Å²) in [5.74, 6) is 0.889. The molecule has 0 aromatic carbocycles. The van der Waals surface area contributed by atoms with Gasteiger partial charge in [0.2, 0.25) is 5.95 Å². The maximum atomic E-state index is 5.73. The number of pyridine rings is 1. The number of hydrogen-bond donors (Lipinski definition) is 2. The minimum atomic E-state index is 0.219. The normalized spacial score (nSPS) is 10.8. The van der Waals surface area contributed by atoms with Gasteiger partial charge in [0, 0.05) is 24.5 Å². The lowest BCUT2D eigenvalue weighted by Gasteiger charge is -2.08. The Labute approximate surface area is 134 Å². The van der Waals surface area contributed by atoms with Crippen LogP contribution in [0, 0.1) is 6.92 Å². The fraction of sp³-hybridized carbons (Fsp3) is 0.250. The molecule has 0 amide bonds. The molecule has 0 fully saturated rings. The number of aryl methyl sites for hydroxylation is 1. The monoisotopic (exact) mass is 309 g/mol. The van der Waals surface area contributed by atoms with Crippen LogP contribution in [-0.4, -0.2) is 32.3 Å². The number of aromatic nitrogens is 4. The van der Waals surface area contributed by atoms with Crippen LogP contribution in [0.5, 0.6) is 0 Å². The van der Waals surface area contributed by atoms with E-state index in [2.05, 4.69) is 25.4 Å². The van der Waals surface area contributed by atoms with E-state index in [0.29, 0.717) is 5.82 Å². The molecule has 0 saturated heterocycles. The summed E-state index contributed by atoms with van der Waals surface area (Å²) in [6, 6.07) is 5.89. The van der Waals surface area contributed by atoms with Gasteiger partial charge >= 0.3 is 0 Å². The number of nitrogens with zero attached hydrogens (tertiary/aromatic N) is 5. The standard InChI is InChI=1S/C16H19N7/c1-9(2)19-12-5-6-13(20-10(12)3)11-7-8-23-14(11)15(18-4)21-16(17)22-23/h5-8H,1-4H3,(H3,17,18,21,22). The Morgan fingerprint density at radius 2 is 2.00 bits per heavy atom. The van der Waals surface area contributed by atoms with Crippen LogP contribution >= 0.6 is 0 Å². The molecule has 23 heavy (non-hydrogen) atoms. The van der Waals surface area contributed by atoms with E-state index in [4.69, 9.17) is 5.73 Å². The van der Waals surface area contributed by atoms with Crippen molar-refractivity contribution in [3.8, 4) is 11.3 Å². The van der Waals surface area contributed by atoms with Crippen molar-refractivity contribution < 1.29 is 0 Å². The highest BCUT2D eigenvalue weighted by atomic mass is 15.3. The molecule has 0 saturated carbocycles. The average molecular weight is 309 g/mol. The zero-order chi connectivity index (χ0) is 16.6. The van der Waals surface area contributed by atoms with Crippen LogP contribution in [0.4, 0.5) is 17.5 Å². The molecular weight excluding hydrogens is 290 g/mol. The summed E-state index contributed by atoms with van der Waals surface area (Å²) < 4.78 is 1.71. The molecule has 3 N–H and O–H groups in total. The Morgan fingerprint density at radius 1 is 1.22 bits per heavy atom. The smallest absolute Gasteiger partial charge is 0.240 e. The van der Waals surface area contributed by atoms with Crippen LogP contribution in [0.25, 0.3) is 16.8 Å². The first-order valence-electron chi connectivity index (χ1n) is 7.32. The molecule has 3 aromatic heterocycles. The van der Waals surface area contributed by atoms with E-state index in [1.54, 1.807) is 11.6 Å². The van der Waals surface area contributed by atoms with Crippen LogP contribution in [0.1, 0.15) is 19.5 Å². The van der Waals surface area contributed by atoms with Gasteiger partial charge in [-0.25, -0.2) is 4.52 Å². The molecule has 0 unspecified atom stereocenters. The molecule has 7 heteroatoms.